The number of hydrogen-bond donors (Lipinski definition) is 1. The molecule has 1 N–H and O–H groups in total. The highest BCUT2D eigenvalue weighted by Crippen LogP contribution is 2.34. The summed E-state index contributed by atoms with van der Waals surface area (Å²) in [4.78, 5) is 26.8. The zero-order chi connectivity index (χ0) is 17.9. The van der Waals surface area contributed by atoms with Gasteiger partial charge < -0.3 is 15.0 Å². The van der Waals surface area contributed by atoms with Gasteiger partial charge in [-0.3, -0.25) is 9.59 Å². The van der Waals surface area contributed by atoms with Crippen molar-refractivity contribution in [2.75, 3.05) is 23.4 Å². The van der Waals surface area contributed by atoms with Crippen LogP contribution in [-0.4, -0.2) is 25.0 Å². The number of benzene rings is 2. The molecule has 1 fully saturated rings. The Bertz CT molecular complexity index is 834. The average Bonchev–Trinajstić information content (AvgIpc) is 2.68. The van der Waals surface area contributed by atoms with Crippen LogP contribution in [0.5, 0.6) is 5.75 Å². The molecule has 5 nitrogen and oxygen atoms in total. The molecule has 134 valence electrons. The molecular weight excluding hydrogens is 328 g/mol. The van der Waals surface area contributed by atoms with Gasteiger partial charge in [-0.1, -0.05) is 24.3 Å². The van der Waals surface area contributed by atoms with Crippen molar-refractivity contribution in [2.45, 2.75) is 31.6 Å². The first kappa shape index (κ1) is 16.6. The van der Waals surface area contributed by atoms with Crippen LogP contribution in [0.3, 0.4) is 0 Å². The number of piperidine rings is 1. The van der Waals surface area contributed by atoms with E-state index in [9.17, 15) is 9.59 Å². The minimum atomic E-state index is -0.222. The monoisotopic (exact) mass is 350 g/mol. The van der Waals surface area contributed by atoms with Crippen LogP contribution >= 0.6 is 0 Å². The number of para-hydroxylation sites is 1. The molecule has 2 aliphatic heterocycles. The van der Waals surface area contributed by atoms with E-state index in [1.165, 1.54) is 0 Å². The maximum Gasteiger partial charge on any atom is 0.232 e. The zero-order valence-corrected chi connectivity index (χ0v) is 14.6. The van der Waals surface area contributed by atoms with Crippen molar-refractivity contribution in [1.29, 1.82) is 0 Å². The number of fused-ring (bicyclic) bond motifs is 1. The van der Waals surface area contributed by atoms with Gasteiger partial charge in [-0.05, 0) is 43.5 Å². The number of hydrogen-bond acceptors (Lipinski definition) is 3. The van der Waals surface area contributed by atoms with Crippen LogP contribution in [0, 0.1) is 0 Å². The van der Waals surface area contributed by atoms with Gasteiger partial charge in [-0.15, -0.1) is 0 Å². The fourth-order valence-electron chi connectivity index (χ4n) is 3.67. The van der Waals surface area contributed by atoms with Gasteiger partial charge in [-0.25, -0.2) is 0 Å². The molecule has 4 rings (SSSR count). The lowest BCUT2D eigenvalue weighted by Crippen LogP contribution is -2.35. The second kappa shape index (κ2) is 7.20. The predicted molar refractivity (Wildman–Crippen MR) is 101 cm³/mol. The fraction of sp³-hybridized carbons (Fsp3) is 0.333. The van der Waals surface area contributed by atoms with E-state index >= 15 is 0 Å². The number of carbonyl (C=O) groups excluding carboxylic acids is 2. The Morgan fingerprint density at radius 3 is 2.88 bits per heavy atom. The second-order valence-electron chi connectivity index (χ2n) is 6.77. The molecule has 26 heavy (non-hydrogen) atoms. The Balaban J connectivity index is 1.52. The molecular formula is C21H22N2O3. The number of nitrogens with zero attached hydrogens (tertiary/aromatic N) is 1. The Kier molecular flexibility index (Phi) is 4.61. The number of anilines is 2. The molecule has 2 aliphatic rings. The summed E-state index contributed by atoms with van der Waals surface area (Å²) in [5.74, 6) is 0.674. The Morgan fingerprint density at radius 2 is 2.00 bits per heavy atom. The highest BCUT2D eigenvalue weighted by Gasteiger charge is 2.27. The maximum absolute atomic E-state index is 12.8. The lowest BCUT2D eigenvalue weighted by Gasteiger charge is -2.27. The van der Waals surface area contributed by atoms with Gasteiger partial charge in [-0.2, -0.15) is 0 Å². The first-order valence-corrected chi connectivity index (χ1v) is 9.15. The number of carbonyl (C=O) groups is 2. The van der Waals surface area contributed by atoms with Crippen molar-refractivity contribution in [2.24, 2.45) is 0 Å². The fourth-order valence-corrected chi connectivity index (χ4v) is 3.67. The molecule has 0 saturated carbocycles. The topological polar surface area (TPSA) is 58.6 Å². The number of nitrogens with one attached hydrogen (secondary N) is 1. The molecule has 2 amide bonds. The van der Waals surface area contributed by atoms with Crippen molar-refractivity contribution in [3.8, 4) is 5.75 Å². The number of rotatable bonds is 3. The van der Waals surface area contributed by atoms with Crippen molar-refractivity contribution >= 4 is 23.2 Å². The van der Waals surface area contributed by atoms with Gasteiger partial charge in [0.05, 0.1) is 12.5 Å². The van der Waals surface area contributed by atoms with E-state index in [2.05, 4.69) is 5.32 Å². The van der Waals surface area contributed by atoms with Crippen LogP contribution in [0.2, 0.25) is 0 Å². The second-order valence-corrected chi connectivity index (χ2v) is 6.77. The standard InChI is InChI=1S/C21H22N2O3/c24-20-10-3-4-12-23(20)16-7-5-6-15(14-16)22-21(25)18-11-13-26-19-9-2-1-8-17(18)19/h1-2,5-9,14,18H,3-4,10-13H2,(H,22,25). The lowest BCUT2D eigenvalue weighted by atomic mass is 9.92. The summed E-state index contributed by atoms with van der Waals surface area (Å²) in [6, 6.07) is 15.2. The number of amides is 2. The quantitative estimate of drug-likeness (QED) is 0.918. The molecule has 2 aromatic rings. The summed E-state index contributed by atoms with van der Waals surface area (Å²) >= 11 is 0. The lowest BCUT2D eigenvalue weighted by molar-refractivity contribution is -0.119. The SMILES string of the molecule is O=C(Nc1cccc(N2CCCCC2=O)c1)C1CCOc2ccccc21. The van der Waals surface area contributed by atoms with E-state index in [4.69, 9.17) is 4.74 Å². The summed E-state index contributed by atoms with van der Waals surface area (Å²) in [6.07, 6.45) is 3.22. The third-order valence-electron chi connectivity index (χ3n) is 5.02. The highest BCUT2D eigenvalue weighted by atomic mass is 16.5. The molecule has 0 aliphatic carbocycles. The molecule has 2 aromatic carbocycles. The van der Waals surface area contributed by atoms with Crippen LogP contribution in [-0.2, 0) is 9.59 Å². The minimum Gasteiger partial charge on any atom is -0.493 e. The highest BCUT2D eigenvalue weighted by molar-refractivity contribution is 5.98. The first-order valence-electron chi connectivity index (χ1n) is 9.15. The van der Waals surface area contributed by atoms with Crippen LogP contribution < -0.4 is 15.0 Å². The van der Waals surface area contributed by atoms with E-state index in [1.54, 1.807) is 0 Å². The van der Waals surface area contributed by atoms with E-state index in [-0.39, 0.29) is 17.7 Å². The zero-order valence-electron chi connectivity index (χ0n) is 14.6. The van der Waals surface area contributed by atoms with Crippen molar-refractivity contribution < 1.29 is 14.3 Å². The normalized spacial score (nSPS) is 19.5. The molecule has 0 bridgehead atoms. The smallest absolute Gasteiger partial charge is 0.232 e. The molecule has 1 atom stereocenters. The van der Waals surface area contributed by atoms with Gasteiger partial charge in [0.2, 0.25) is 11.8 Å². The van der Waals surface area contributed by atoms with E-state index in [1.807, 2.05) is 53.4 Å². The third-order valence-corrected chi connectivity index (χ3v) is 5.02. The van der Waals surface area contributed by atoms with Crippen molar-refractivity contribution in [3.63, 3.8) is 0 Å². The first-order chi connectivity index (χ1) is 12.7. The maximum atomic E-state index is 12.8. The number of ether oxygens (including phenoxy) is 1. The Hall–Kier alpha value is -2.82. The summed E-state index contributed by atoms with van der Waals surface area (Å²) in [6.45, 7) is 1.28. The van der Waals surface area contributed by atoms with Crippen LogP contribution in [0.1, 0.15) is 37.2 Å². The van der Waals surface area contributed by atoms with Gasteiger partial charge in [0.15, 0.2) is 0 Å². The summed E-state index contributed by atoms with van der Waals surface area (Å²) in [7, 11) is 0. The summed E-state index contributed by atoms with van der Waals surface area (Å²) in [5, 5.41) is 3.01. The van der Waals surface area contributed by atoms with Gasteiger partial charge in [0, 0.05) is 29.9 Å². The van der Waals surface area contributed by atoms with Gasteiger partial charge in [0.1, 0.15) is 5.75 Å². The molecule has 2 heterocycles. The Morgan fingerprint density at radius 1 is 1.12 bits per heavy atom. The van der Waals surface area contributed by atoms with Crippen LogP contribution in [0.4, 0.5) is 11.4 Å². The van der Waals surface area contributed by atoms with E-state index in [0.29, 0.717) is 19.4 Å². The molecule has 1 saturated heterocycles. The van der Waals surface area contributed by atoms with Crippen molar-refractivity contribution in [1.82, 2.24) is 0 Å². The van der Waals surface area contributed by atoms with Gasteiger partial charge >= 0.3 is 0 Å². The molecule has 1 unspecified atom stereocenters. The molecule has 0 radical (unpaired) electrons. The molecule has 5 heteroatoms. The Labute approximate surface area is 153 Å². The average molecular weight is 350 g/mol. The van der Waals surface area contributed by atoms with Gasteiger partial charge in [0.25, 0.3) is 0 Å². The summed E-state index contributed by atoms with van der Waals surface area (Å²) in [5.41, 5.74) is 2.49. The van der Waals surface area contributed by atoms with Crippen molar-refractivity contribution in [3.05, 3.63) is 54.1 Å². The molecule has 0 aromatic heterocycles. The van der Waals surface area contributed by atoms with Crippen LogP contribution in [0.25, 0.3) is 0 Å². The minimum absolute atomic E-state index is 0.0390. The summed E-state index contributed by atoms with van der Waals surface area (Å²) < 4.78 is 5.64. The largest absolute Gasteiger partial charge is 0.493 e. The van der Waals surface area contributed by atoms with Crippen LogP contribution in [0.15, 0.2) is 48.5 Å². The predicted octanol–water partition coefficient (Wildman–Crippen LogP) is 3.71. The van der Waals surface area contributed by atoms with E-state index < -0.39 is 0 Å². The third kappa shape index (κ3) is 3.29. The molecule has 0 spiro atoms. The van der Waals surface area contributed by atoms with E-state index in [0.717, 1.165) is 42.1 Å².